The van der Waals surface area contributed by atoms with Crippen molar-refractivity contribution in [2.24, 2.45) is 0 Å². The lowest BCUT2D eigenvalue weighted by molar-refractivity contribution is -0.140. The number of rotatable bonds is 5. The van der Waals surface area contributed by atoms with E-state index in [-0.39, 0.29) is 5.91 Å². The van der Waals surface area contributed by atoms with Crippen LogP contribution in [0.5, 0.6) is 0 Å². The number of aromatic nitrogens is 5. The van der Waals surface area contributed by atoms with Crippen molar-refractivity contribution in [1.82, 2.24) is 29.7 Å². The second kappa shape index (κ2) is 8.72. The van der Waals surface area contributed by atoms with Gasteiger partial charge in [0.15, 0.2) is 17.7 Å². The minimum absolute atomic E-state index is 0.324. The zero-order valence-electron chi connectivity index (χ0n) is 17.9. The van der Waals surface area contributed by atoms with Crippen LogP contribution in [0.25, 0.3) is 5.52 Å². The van der Waals surface area contributed by atoms with E-state index in [0.717, 1.165) is 11.2 Å². The van der Waals surface area contributed by atoms with E-state index in [0.29, 0.717) is 54.3 Å². The molecule has 1 atom stereocenters. The number of carbonyl (C=O) groups is 1. The van der Waals surface area contributed by atoms with Gasteiger partial charge in [-0.05, 0) is 36.8 Å². The number of piperazine rings is 1. The highest BCUT2D eigenvalue weighted by molar-refractivity contribution is 6.30. The molecule has 4 heterocycles. The van der Waals surface area contributed by atoms with Gasteiger partial charge in [-0.2, -0.15) is 10.1 Å². The number of benzene rings is 1. The number of fused-ring (bicyclic) bond motifs is 1. The molecule has 1 aliphatic heterocycles. The van der Waals surface area contributed by atoms with Gasteiger partial charge in [-0.3, -0.25) is 9.89 Å². The lowest BCUT2D eigenvalue weighted by Crippen LogP contribution is -2.50. The maximum absolute atomic E-state index is 12.8. The Morgan fingerprint density at radius 3 is 2.64 bits per heavy atom. The van der Waals surface area contributed by atoms with Crippen LogP contribution in [0.4, 0.5) is 17.6 Å². The number of H-pyrrole nitrogens is 1. The van der Waals surface area contributed by atoms with Crippen LogP contribution in [-0.2, 0) is 4.79 Å². The average molecular weight is 467 g/mol. The largest absolute Gasteiger partial charge is 0.378 e. The summed E-state index contributed by atoms with van der Waals surface area (Å²) in [5, 5.41) is 26.1. The molecule has 1 aromatic carbocycles. The van der Waals surface area contributed by atoms with Gasteiger partial charge < -0.3 is 20.2 Å². The number of aliphatic hydroxyl groups is 1. The van der Waals surface area contributed by atoms with Crippen LogP contribution in [0.1, 0.15) is 17.4 Å². The lowest BCUT2D eigenvalue weighted by Gasteiger charge is -2.35. The molecule has 1 fully saturated rings. The fraction of sp³-hybridized carbons (Fsp3) is 0.273. The van der Waals surface area contributed by atoms with Crippen LogP contribution >= 0.6 is 11.6 Å². The summed E-state index contributed by atoms with van der Waals surface area (Å²) >= 11 is 5.90. The number of carbonyl (C=O) groups excluding carboxylic acids is 1. The Morgan fingerprint density at radius 1 is 1.18 bits per heavy atom. The van der Waals surface area contributed by atoms with Crippen LogP contribution < -0.4 is 10.2 Å². The van der Waals surface area contributed by atoms with Crippen molar-refractivity contribution in [3.8, 4) is 0 Å². The van der Waals surface area contributed by atoms with Crippen molar-refractivity contribution in [3.05, 3.63) is 64.9 Å². The van der Waals surface area contributed by atoms with Crippen molar-refractivity contribution >= 4 is 40.6 Å². The molecule has 0 radical (unpaired) electrons. The summed E-state index contributed by atoms with van der Waals surface area (Å²) in [6.07, 6.45) is 0.651. The Balaban J connectivity index is 1.30. The quantitative estimate of drug-likeness (QED) is 0.414. The molecule has 0 aliphatic carbocycles. The molecule has 1 aliphatic rings. The molecule has 1 saturated heterocycles. The van der Waals surface area contributed by atoms with Gasteiger partial charge in [0, 0.05) is 49.2 Å². The normalized spacial score (nSPS) is 15.1. The second-order valence-electron chi connectivity index (χ2n) is 7.93. The standard InChI is InChI=1S/C22H23ClN8O2/c1-14-13-18(27-26-14)24-20-17-3-2-8-31(17)28-22(25-20)30-11-9-29(10-12-30)21(33)19(32)15-4-6-16(23)7-5-15/h2-8,13,19,32H,9-12H2,1H3,(H2,24,25,26,27,28). The summed E-state index contributed by atoms with van der Waals surface area (Å²) in [4.78, 5) is 21.2. The maximum Gasteiger partial charge on any atom is 0.256 e. The third-order valence-corrected chi connectivity index (χ3v) is 5.88. The average Bonchev–Trinajstić information content (AvgIpc) is 3.47. The van der Waals surface area contributed by atoms with Crippen LogP contribution in [-0.4, -0.2) is 66.9 Å². The molecule has 3 aromatic heterocycles. The molecule has 10 nitrogen and oxygen atoms in total. The monoisotopic (exact) mass is 466 g/mol. The van der Waals surface area contributed by atoms with E-state index in [1.165, 1.54) is 0 Å². The highest BCUT2D eigenvalue weighted by atomic mass is 35.5. The molecule has 3 N–H and O–H groups in total. The summed E-state index contributed by atoms with van der Waals surface area (Å²) in [5.41, 5.74) is 2.30. The molecule has 1 unspecified atom stereocenters. The van der Waals surface area contributed by atoms with E-state index in [9.17, 15) is 9.90 Å². The summed E-state index contributed by atoms with van der Waals surface area (Å²) in [7, 11) is 0. The van der Waals surface area contributed by atoms with Crippen LogP contribution in [0.2, 0.25) is 5.02 Å². The second-order valence-corrected chi connectivity index (χ2v) is 8.36. The number of nitrogens with zero attached hydrogens (tertiary/aromatic N) is 6. The van der Waals surface area contributed by atoms with E-state index in [1.54, 1.807) is 33.7 Å². The molecule has 0 saturated carbocycles. The molecule has 0 bridgehead atoms. The van der Waals surface area contributed by atoms with Crippen molar-refractivity contribution in [3.63, 3.8) is 0 Å². The van der Waals surface area contributed by atoms with Crippen molar-refractivity contribution in [2.75, 3.05) is 36.4 Å². The van der Waals surface area contributed by atoms with Gasteiger partial charge in [-0.1, -0.05) is 23.7 Å². The third-order valence-electron chi connectivity index (χ3n) is 5.63. The zero-order valence-corrected chi connectivity index (χ0v) is 18.7. The maximum atomic E-state index is 12.8. The summed E-state index contributed by atoms with van der Waals surface area (Å²) < 4.78 is 1.77. The Hall–Kier alpha value is -3.63. The number of anilines is 3. The van der Waals surface area contributed by atoms with Gasteiger partial charge in [0.05, 0.1) is 0 Å². The molecular formula is C22H23ClN8O2. The number of amides is 1. The van der Waals surface area contributed by atoms with Crippen LogP contribution in [0.15, 0.2) is 48.7 Å². The predicted molar refractivity (Wildman–Crippen MR) is 125 cm³/mol. The number of nitrogens with one attached hydrogen (secondary N) is 2. The fourth-order valence-corrected chi connectivity index (χ4v) is 3.97. The summed E-state index contributed by atoms with van der Waals surface area (Å²) in [6, 6.07) is 12.4. The molecule has 1 amide bonds. The smallest absolute Gasteiger partial charge is 0.256 e. The fourth-order valence-electron chi connectivity index (χ4n) is 3.84. The molecule has 4 aromatic rings. The Morgan fingerprint density at radius 2 is 1.94 bits per heavy atom. The van der Waals surface area contributed by atoms with Crippen LogP contribution in [0.3, 0.4) is 0 Å². The third kappa shape index (κ3) is 4.35. The van der Waals surface area contributed by atoms with E-state index in [4.69, 9.17) is 16.6 Å². The first-order valence-electron chi connectivity index (χ1n) is 10.6. The molecule has 0 spiro atoms. The topological polar surface area (TPSA) is 115 Å². The van der Waals surface area contributed by atoms with E-state index >= 15 is 0 Å². The van der Waals surface area contributed by atoms with E-state index in [1.807, 2.05) is 36.2 Å². The van der Waals surface area contributed by atoms with Crippen molar-refractivity contribution < 1.29 is 9.90 Å². The van der Waals surface area contributed by atoms with Crippen LogP contribution in [0, 0.1) is 6.92 Å². The predicted octanol–water partition coefficient (Wildman–Crippen LogP) is 2.54. The van der Waals surface area contributed by atoms with Gasteiger partial charge >= 0.3 is 0 Å². The van der Waals surface area contributed by atoms with Crippen molar-refractivity contribution in [1.29, 1.82) is 0 Å². The SMILES string of the molecule is Cc1cc(Nc2nc(N3CCN(C(=O)C(O)c4ccc(Cl)cc4)CC3)nn3cccc23)n[nH]1. The number of hydrogen-bond acceptors (Lipinski definition) is 7. The first kappa shape index (κ1) is 21.2. The Kier molecular flexibility index (Phi) is 5.61. The molecular weight excluding hydrogens is 444 g/mol. The lowest BCUT2D eigenvalue weighted by atomic mass is 10.1. The van der Waals surface area contributed by atoms with E-state index < -0.39 is 6.10 Å². The first-order chi connectivity index (χ1) is 16.0. The highest BCUT2D eigenvalue weighted by Gasteiger charge is 2.28. The van der Waals surface area contributed by atoms with Crippen molar-refractivity contribution in [2.45, 2.75) is 13.0 Å². The Labute approximate surface area is 194 Å². The summed E-state index contributed by atoms with van der Waals surface area (Å²) in [5.74, 6) is 1.55. The minimum atomic E-state index is -1.21. The summed E-state index contributed by atoms with van der Waals surface area (Å²) in [6.45, 7) is 3.94. The first-order valence-corrected chi connectivity index (χ1v) is 11.0. The van der Waals surface area contributed by atoms with Gasteiger partial charge in [0.1, 0.15) is 5.52 Å². The number of aryl methyl sites for hydroxylation is 1. The molecule has 11 heteroatoms. The zero-order chi connectivity index (χ0) is 22.9. The highest BCUT2D eigenvalue weighted by Crippen LogP contribution is 2.24. The molecule has 170 valence electrons. The number of aromatic amines is 1. The number of halogens is 1. The Bertz CT molecular complexity index is 1280. The molecule has 33 heavy (non-hydrogen) atoms. The van der Waals surface area contributed by atoms with Gasteiger partial charge in [-0.25, -0.2) is 4.52 Å². The number of aliphatic hydroxyl groups excluding tert-OH is 1. The molecule has 5 rings (SSSR count). The van der Waals surface area contributed by atoms with Gasteiger partial charge in [0.2, 0.25) is 5.95 Å². The van der Waals surface area contributed by atoms with Gasteiger partial charge in [-0.15, -0.1) is 5.10 Å². The van der Waals surface area contributed by atoms with E-state index in [2.05, 4.69) is 20.6 Å². The van der Waals surface area contributed by atoms with Gasteiger partial charge in [0.25, 0.3) is 5.91 Å². The number of hydrogen-bond donors (Lipinski definition) is 3. The minimum Gasteiger partial charge on any atom is -0.378 e.